The Kier molecular flexibility index (Phi) is 3.90. The van der Waals surface area contributed by atoms with Gasteiger partial charge in [-0.25, -0.2) is 4.79 Å². The van der Waals surface area contributed by atoms with Crippen molar-refractivity contribution in [2.24, 2.45) is 0 Å². The van der Waals surface area contributed by atoms with E-state index in [2.05, 4.69) is 15.9 Å². The first-order chi connectivity index (χ1) is 8.99. The summed E-state index contributed by atoms with van der Waals surface area (Å²) in [5, 5.41) is 9.26. The highest BCUT2D eigenvalue weighted by atomic mass is 79.9. The molecule has 0 radical (unpaired) electrons. The van der Waals surface area contributed by atoms with Crippen molar-refractivity contribution in [2.75, 3.05) is 11.9 Å². The molecule has 0 saturated heterocycles. The van der Waals surface area contributed by atoms with Gasteiger partial charge in [0.1, 0.15) is 0 Å². The first-order valence-electron chi connectivity index (χ1n) is 5.82. The molecule has 19 heavy (non-hydrogen) atoms. The monoisotopic (exact) mass is 319 g/mol. The van der Waals surface area contributed by atoms with E-state index in [1.807, 2.05) is 49.2 Å². The molecular formula is C15H14BrNO2. The molecular weight excluding hydrogens is 306 g/mol. The summed E-state index contributed by atoms with van der Waals surface area (Å²) in [6, 6.07) is 13.1. The van der Waals surface area contributed by atoms with Crippen LogP contribution in [0.2, 0.25) is 0 Å². The van der Waals surface area contributed by atoms with Crippen LogP contribution in [0.5, 0.6) is 0 Å². The molecule has 0 atom stereocenters. The van der Waals surface area contributed by atoms with Gasteiger partial charge in [-0.1, -0.05) is 28.1 Å². The number of halogens is 1. The minimum absolute atomic E-state index is 0.284. The Morgan fingerprint density at radius 3 is 2.58 bits per heavy atom. The Hall–Kier alpha value is -1.81. The van der Waals surface area contributed by atoms with E-state index in [0.29, 0.717) is 5.69 Å². The van der Waals surface area contributed by atoms with E-state index in [1.54, 1.807) is 12.1 Å². The Bertz CT molecular complexity index is 625. The molecule has 0 unspecified atom stereocenters. The second-order valence-electron chi connectivity index (χ2n) is 4.36. The lowest BCUT2D eigenvalue weighted by Gasteiger charge is -2.22. The van der Waals surface area contributed by atoms with Crippen LogP contribution in [0.1, 0.15) is 15.9 Å². The fourth-order valence-electron chi connectivity index (χ4n) is 1.94. The Morgan fingerprint density at radius 2 is 1.95 bits per heavy atom. The second-order valence-corrected chi connectivity index (χ2v) is 5.28. The third kappa shape index (κ3) is 2.96. The first kappa shape index (κ1) is 13.6. The van der Waals surface area contributed by atoms with E-state index in [4.69, 9.17) is 0 Å². The van der Waals surface area contributed by atoms with Gasteiger partial charge in [0.15, 0.2) is 0 Å². The van der Waals surface area contributed by atoms with Gasteiger partial charge in [-0.05, 0) is 42.8 Å². The number of hydrogen-bond acceptors (Lipinski definition) is 2. The van der Waals surface area contributed by atoms with Gasteiger partial charge in [0.2, 0.25) is 0 Å². The molecule has 0 saturated carbocycles. The van der Waals surface area contributed by atoms with Gasteiger partial charge in [-0.3, -0.25) is 0 Å². The van der Waals surface area contributed by atoms with Crippen LogP contribution in [-0.2, 0) is 0 Å². The molecule has 0 aliphatic rings. The molecule has 0 fully saturated rings. The van der Waals surface area contributed by atoms with Crippen LogP contribution < -0.4 is 4.90 Å². The van der Waals surface area contributed by atoms with Crippen LogP contribution in [0, 0.1) is 6.92 Å². The smallest absolute Gasteiger partial charge is 0.337 e. The number of carbonyl (C=O) groups is 1. The van der Waals surface area contributed by atoms with Gasteiger partial charge in [0, 0.05) is 17.2 Å². The molecule has 0 aliphatic carbocycles. The average molecular weight is 320 g/mol. The topological polar surface area (TPSA) is 40.5 Å². The average Bonchev–Trinajstić information content (AvgIpc) is 2.37. The predicted octanol–water partition coefficient (Wildman–Crippen LogP) is 4.22. The van der Waals surface area contributed by atoms with E-state index in [1.165, 1.54) is 0 Å². The number of benzene rings is 2. The number of hydrogen-bond donors (Lipinski definition) is 1. The summed E-state index contributed by atoms with van der Waals surface area (Å²) >= 11 is 3.38. The summed E-state index contributed by atoms with van der Waals surface area (Å²) in [5.41, 5.74) is 3.04. The molecule has 1 N–H and O–H groups in total. The Balaban J connectivity index is 2.51. The number of rotatable bonds is 3. The number of carboxylic acids is 1. The fraction of sp³-hybridized carbons (Fsp3) is 0.133. The van der Waals surface area contributed by atoms with Gasteiger partial charge in [-0.15, -0.1) is 0 Å². The van der Waals surface area contributed by atoms with Crippen molar-refractivity contribution in [1.29, 1.82) is 0 Å². The number of carboxylic acid groups (broad SMARTS) is 1. The largest absolute Gasteiger partial charge is 0.478 e. The number of aromatic carboxylic acids is 1. The van der Waals surface area contributed by atoms with Crippen molar-refractivity contribution < 1.29 is 9.90 Å². The standard InChI is InChI=1S/C15H14BrNO2/c1-10-4-3-5-12(8-10)17(2)14-9-11(16)6-7-13(14)15(18)19/h3-9H,1-2H3,(H,18,19). The van der Waals surface area contributed by atoms with Crippen LogP contribution in [-0.4, -0.2) is 18.1 Å². The highest BCUT2D eigenvalue weighted by molar-refractivity contribution is 9.10. The highest BCUT2D eigenvalue weighted by Crippen LogP contribution is 2.30. The molecule has 0 heterocycles. The molecule has 2 aromatic rings. The zero-order valence-corrected chi connectivity index (χ0v) is 12.3. The van der Waals surface area contributed by atoms with Crippen molar-refractivity contribution in [3.05, 3.63) is 58.1 Å². The normalized spacial score (nSPS) is 10.3. The van der Waals surface area contributed by atoms with Gasteiger partial charge in [0.05, 0.1) is 11.3 Å². The van der Waals surface area contributed by atoms with Crippen LogP contribution in [0.25, 0.3) is 0 Å². The zero-order chi connectivity index (χ0) is 14.0. The third-order valence-corrected chi connectivity index (χ3v) is 3.43. The van der Waals surface area contributed by atoms with E-state index in [-0.39, 0.29) is 5.56 Å². The van der Waals surface area contributed by atoms with Crippen LogP contribution >= 0.6 is 15.9 Å². The molecule has 4 heteroatoms. The molecule has 0 aliphatic heterocycles. The number of aryl methyl sites for hydroxylation is 1. The maximum absolute atomic E-state index is 11.3. The minimum Gasteiger partial charge on any atom is -0.478 e. The zero-order valence-electron chi connectivity index (χ0n) is 10.7. The van der Waals surface area contributed by atoms with Gasteiger partial charge >= 0.3 is 5.97 Å². The van der Waals surface area contributed by atoms with Crippen molar-refractivity contribution in [1.82, 2.24) is 0 Å². The molecule has 2 aromatic carbocycles. The molecule has 2 rings (SSSR count). The minimum atomic E-state index is -0.929. The lowest BCUT2D eigenvalue weighted by atomic mass is 10.1. The van der Waals surface area contributed by atoms with E-state index >= 15 is 0 Å². The van der Waals surface area contributed by atoms with Gasteiger partial charge in [-0.2, -0.15) is 0 Å². The van der Waals surface area contributed by atoms with Gasteiger partial charge in [0.25, 0.3) is 0 Å². The molecule has 0 spiro atoms. The van der Waals surface area contributed by atoms with Crippen molar-refractivity contribution in [3.8, 4) is 0 Å². The lowest BCUT2D eigenvalue weighted by Crippen LogP contribution is -2.14. The maximum atomic E-state index is 11.3. The quantitative estimate of drug-likeness (QED) is 0.920. The molecule has 0 amide bonds. The maximum Gasteiger partial charge on any atom is 0.337 e. The molecule has 3 nitrogen and oxygen atoms in total. The first-order valence-corrected chi connectivity index (χ1v) is 6.61. The Labute approximate surface area is 120 Å². The number of nitrogens with zero attached hydrogens (tertiary/aromatic N) is 1. The van der Waals surface area contributed by atoms with Crippen molar-refractivity contribution in [2.45, 2.75) is 6.92 Å². The number of anilines is 2. The van der Waals surface area contributed by atoms with E-state index < -0.39 is 5.97 Å². The van der Waals surface area contributed by atoms with Crippen molar-refractivity contribution >= 4 is 33.3 Å². The second kappa shape index (κ2) is 5.45. The van der Waals surface area contributed by atoms with Crippen molar-refractivity contribution in [3.63, 3.8) is 0 Å². The van der Waals surface area contributed by atoms with Gasteiger partial charge < -0.3 is 10.0 Å². The SMILES string of the molecule is Cc1cccc(N(C)c2cc(Br)ccc2C(=O)O)c1. The lowest BCUT2D eigenvalue weighted by molar-refractivity contribution is 0.0697. The van der Waals surface area contributed by atoms with E-state index in [0.717, 1.165) is 15.7 Å². The molecule has 98 valence electrons. The Morgan fingerprint density at radius 1 is 1.21 bits per heavy atom. The van der Waals surface area contributed by atoms with Crippen LogP contribution in [0.15, 0.2) is 46.9 Å². The van der Waals surface area contributed by atoms with E-state index in [9.17, 15) is 9.90 Å². The fourth-order valence-corrected chi connectivity index (χ4v) is 2.29. The molecule has 0 aromatic heterocycles. The molecule has 0 bridgehead atoms. The summed E-state index contributed by atoms with van der Waals surface area (Å²) in [5.74, 6) is -0.929. The third-order valence-electron chi connectivity index (χ3n) is 2.94. The summed E-state index contributed by atoms with van der Waals surface area (Å²) in [7, 11) is 1.86. The van der Waals surface area contributed by atoms with Crippen LogP contribution in [0.4, 0.5) is 11.4 Å². The summed E-state index contributed by atoms with van der Waals surface area (Å²) in [4.78, 5) is 13.2. The summed E-state index contributed by atoms with van der Waals surface area (Å²) < 4.78 is 0.854. The summed E-state index contributed by atoms with van der Waals surface area (Å²) in [6.07, 6.45) is 0. The summed E-state index contributed by atoms with van der Waals surface area (Å²) in [6.45, 7) is 2.01. The van der Waals surface area contributed by atoms with Crippen LogP contribution in [0.3, 0.4) is 0 Å². The predicted molar refractivity (Wildman–Crippen MR) is 80.3 cm³/mol. The highest BCUT2D eigenvalue weighted by Gasteiger charge is 2.15.